The van der Waals surface area contributed by atoms with Crippen LogP contribution in [0, 0.1) is 6.92 Å². The largest absolute Gasteiger partial charge is 0.505 e. The van der Waals surface area contributed by atoms with Crippen LogP contribution in [0.15, 0.2) is 58.7 Å². The van der Waals surface area contributed by atoms with Crippen LogP contribution in [0.1, 0.15) is 29.4 Å². The fourth-order valence-electron chi connectivity index (χ4n) is 4.92. The van der Waals surface area contributed by atoms with Crippen molar-refractivity contribution in [1.82, 2.24) is 19.2 Å². The van der Waals surface area contributed by atoms with Crippen molar-refractivity contribution >= 4 is 39.0 Å². The number of hydrogen-bond acceptors (Lipinski definition) is 6. The number of aryl methyl sites for hydroxylation is 1. The number of halogens is 1. The number of carbonyl (C=O) groups excluding carboxylic acids is 2. The minimum atomic E-state index is -0.679. The molecule has 2 fully saturated rings. The Labute approximate surface area is 211 Å². The number of pyridine rings is 1. The third-order valence-corrected chi connectivity index (χ3v) is 7.16. The second-order valence-corrected chi connectivity index (χ2v) is 9.74. The first-order chi connectivity index (χ1) is 17.0. The van der Waals surface area contributed by atoms with Crippen LogP contribution < -0.4 is 0 Å². The molecule has 35 heavy (non-hydrogen) atoms. The van der Waals surface area contributed by atoms with E-state index in [1.54, 1.807) is 22.4 Å². The van der Waals surface area contributed by atoms with Crippen molar-refractivity contribution in [2.75, 3.05) is 39.4 Å². The van der Waals surface area contributed by atoms with Crippen LogP contribution in [0.25, 0.3) is 11.4 Å². The third-order valence-electron chi connectivity index (χ3n) is 6.63. The number of carbonyl (C=O) groups is 2. The Morgan fingerprint density at radius 2 is 1.86 bits per heavy atom. The monoisotopic (exact) mass is 538 g/mol. The molecule has 0 radical (unpaired) electrons. The molecule has 2 aliphatic rings. The average Bonchev–Trinajstić information content (AvgIpc) is 3.33. The van der Waals surface area contributed by atoms with Gasteiger partial charge in [-0.1, -0.05) is 34.1 Å². The molecule has 0 saturated carbocycles. The summed E-state index contributed by atoms with van der Waals surface area (Å²) in [5.41, 5.74) is 2.53. The molecule has 1 aromatic carbocycles. The molecule has 5 rings (SSSR count). The zero-order chi connectivity index (χ0) is 24.5. The van der Waals surface area contributed by atoms with Crippen LogP contribution in [-0.2, 0) is 14.3 Å². The Bertz CT molecular complexity index is 1290. The van der Waals surface area contributed by atoms with Crippen molar-refractivity contribution in [2.24, 2.45) is 0 Å². The molecule has 8 nitrogen and oxygen atoms in total. The highest BCUT2D eigenvalue weighted by molar-refractivity contribution is 9.10. The minimum absolute atomic E-state index is 0.0949. The van der Waals surface area contributed by atoms with Crippen molar-refractivity contribution in [3.05, 3.63) is 75.7 Å². The molecule has 0 spiro atoms. The van der Waals surface area contributed by atoms with Crippen LogP contribution in [0.4, 0.5) is 0 Å². The van der Waals surface area contributed by atoms with Crippen molar-refractivity contribution in [1.29, 1.82) is 0 Å². The number of nitrogens with zero attached hydrogens (tertiary/aromatic N) is 4. The van der Waals surface area contributed by atoms with Crippen LogP contribution >= 0.6 is 15.9 Å². The van der Waals surface area contributed by atoms with Gasteiger partial charge in [-0.15, -0.1) is 0 Å². The Morgan fingerprint density at radius 3 is 2.60 bits per heavy atom. The topological polar surface area (TPSA) is 87.4 Å². The summed E-state index contributed by atoms with van der Waals surface area (Å²) in [7, 11) is 0. The van der Waals surface area contributed by atoms with Crippen LogP contribution in [0.2, 0.25) is 0 Å². The second kappa shape index (κ2) is 9.93. The second-order valence-electron chi connectivity index (χ2n) is 8.83. The van der Waals surface area contributed by atoms with Crippen molar-refractivity contribution in [2.45, 2.75) is 19.4 Å². The summed E-state index contributed by atoms with van der Waals surface area (Å²) in [4.78, 5) is 35.0. The zero-order valence-corrected chi connectivity index (χ0v) is 21.1. The van der Waals surface area contributed by atoms with Gasteiger partial charge in [0.05, 0.1) is 30.5 Å². The molecular formula is C26H27BrN4O4. The molecule has 2 aromatic heterocycles. The van der Waals surface area contributed by atoms with Gasteiger partial charge in [0.1, 0.15) is 11.3 Å². The zero-order valence-electron chi connectivity index (χ0n) is 19.5. The lowest BCUT2D eigenvalue weighted by atomic mass is 9.96. The first kappa shape index (κ1) is 23.7. The van der Waals surface area contributed by atoms with Crippen molar-refractivity contribution < 1.29 is 19.4 Å². The summed E-state index contributed by atoms with van der Waals surface area (Å²) in [6, 6.07) is 12.4. The summed E-state index contributed by atoms with van der Waals surface area (Å²) >= 11 is 3.45. The first-order valence-electron chi connectivity index (χ1n) is 11.7. The molecule has 1 atom stereocenters. The van der Waals surface area contributed by atoms with Crippen LogP contribution in [0.3, 0.4) is 0 Å². The number of rotatable bonds is 6. The standard InChI is InChI=1S/C26H27BrN4O4/c1-17-22(30-11-3-2-5-20(30)28-17)24(32)21-23(18-6-8-19(27)9-7-18)31(26(34)25(21)33)12-4-10-29-13-15-35-16-14-29/h2-3,5-9,11,23,32H,4,10,12-16H2,1H3/t23-/m1/s1. The van der Waals surface area contributed by atoms with E-state index in [1.807, 2.05) is 42.5 Å². The van der Waals surface area contributed by atoms with E-state index in [4.69, 9.17) is 4.74 Å². The minimum Gasteiger partial charge on any atom is -0.505 e. The van der Waals surface area contributed by atoms with E-state index in [0.29, 0.717) is 43.2 Å². The molecular weight excluding hydrogens is 512 g/mol. The maximum absolute atomic E-state index is 13.3. The highest BCUT2D eigenvalue weighted by atomic mass is 79.9. The van der Waals surface area contributed by atoms with Gasteiger partial charge in [-0.05, 0) is 43.2 Å². The van der Waals surface area contributed by atoms with E-state index in [1.165, 1.54) is 0 Å². The van der Waals surface area contributed by atoms with E-state index in [-0.39, 0.29) is 11.3 Å². The maximum atomic E-state index is 13.3. The molecule has 0 aliphatic carbocycles. The summed E-state index contributed by atoms with van der Waals surface area (Å²) in [5, 5.41) is 11.5. The molecule has 2 aliphatic heterocycles. The lowest BCUT2D eigenvalue weighted by Crippen LogP contribution is -2.38. The lowest BCUT2D eigenvalue weighted by molar-refractivity contribution is -0.140. The number of morpholine rings is 1. The van der Waals surface area contributed by atoms with Crippen molar-refractivity contribution in [3.8, 4) is 0 Å². The Hall–Kier alpha value is -3.01. The van der Waals surface area contributed by atoms with Gasteiger partial charge in [0.2, 0.25) is 0 Å². The average molecular weight is 539 g/mol. The van der Waals surface area contributed by atoms with E-state index >= 15 is 0 Å². The molecule has 0 unspecified atom stereocenters. The van der Waals surface area contributed by atoms with E-state index < -0.39 is 17.7 Å². The fourth-order valence-corrected chi connectivity index (χ4v) is 5.18. The van der Waals surface area contributed by atoms with Gasteiger partial charge < -0.3 is 14.7 Å². The van der Waals surface area contributed by atoms with Gasteiger partial charge in [0.15, 0.2) is 5.76 Å². The predicted octanol–water partition coefficient (Wildman–Crippen LogP) is 3.55. The van der Waals surface area contributed by atoms with Crippen LogP contribution in [0.5, 0.6) is 0 Å². The number of hydrogen-bond donors (Lipinski definition) is 1. The fraction of sp³-hybridized carbons (Fsp3) is 0.346. The van der Waals surface area contributed by atoms with Crippen molar-refractivity contribution in [3.63, 3.8) is 0 Å². The highest BCUT2D eigenvalue weighted by Crippen LogP contribution is 2.40. The molecule has 4 heterocycles. The molecule has 1 N–H and O–H groups in total. The number of aliphatic hydroxyl groups is 1. The number of likely N-dealkylation sites (tertiary alicyclic amines) is 1. The van der Waals surface area contributed by atoms with Gasteiger partial charge in [-0.25, -0.2) is 4.98 Å². The van der Waals surface area contributed by atoms with E-state index in [2.05, 4.69) is 25.8 Å². The van der Waals surface area contributed by atoms with Crippen LogP contribution in [-0.4, -0.2) is 75.4 Å². The number of ketones is 1. The number of benzene rings is 1. The number of fused-ring (bicyclic) bond motifs is 1. The number of amides is 1. The Morgan fingerprint density at radius 1 is 1.11 bits per heavy atom. The quantitative estimate of drug-likeness (QED) is 0.293. The smallest absolute Gasteiger partial charge is 0.295 e. The molecule has 3 aromatic rings. The number of Topliss-reactive ketones (excluding diaryl/α,β-unsaturated/α-hetero) is 1. The number of aliphatic hydroxyl groups excluding tert-OH is 1. The predicted molar refractivity (Wildman–Crippen MR) is 135 cm³/mol. The van der Waals surface area contributed by atoms with Gasteiger partial charge >= 0.3 is 0 Å². The highest BCUT2D eigenvalue weighted by Gasteiger charge is 2.46. The molecule has 182 valence electrons. The first-order valence-corrected chi connectivity index (χ1v) is 12.5. The SMILES string of the molecule is Cc1nc2ccccn2c1C(O)=C1C(=O)C(=O)N(CCCN2CCOCC2)[C@@H]1c1ccc(Br)cc1. The van der Waals surface area contributed by atoms with Gasteiger partial charge in [0, 0.05) is 36.8 Å². The summed E-state index contributed by atoms with van der Waals surface area (Å²) in [5.74, 6) is -1.47. The number of ether oxygens (including phenoxy) is 1. The Kier molecular flexibility index (Phi) is 6.73. The normalized spacial score (nSPS) is 20.7. The van der Waals surface area contributed by atoms with Gasteiger partial charge in [0.25, 0.3) is 11.7 Å². The maximum Gasteiger partial charge on any atom is 0.295 e. The van der Waals surface area contributed by atoms with Gasteiger partial charge in [-0.3, -0.25) is 18.9 Å². The summed E-state index contributed by atoms with van der Waals surface area (Å²) in [6.07, 6.45) is 2.51. The number of aromatic nitrogens is 2. The molecule has 0 bridgehead atoms. The lowest BCUT2D eigenvalue weighted by Gasteiger charge is -2.29. The molecule has 9 heteroatoms. The Balaban J connectivity index is 1.54. The molecule has 1 amide bonds. The third kappa shape index (κ3) is 4.51. The summed E-state index contributed by atoms with van der Waals surface area (Å²) in [6.45, 7) is 6.15. The van der Waals surface area contributed by atoms with E-state index in [0.717, 1.165) is 29.7 Å². The van der Waals surface area contributed by atoms with E-state index in [9.17, 15) is 14.7 Å². The molecule has 2 saturated heterocycles. The van der Waals surface area contributed by atoms with Gasteiger partial charge in [-0.2, -0.15) is 0 Å². The summed E-state index contributed by atoms with van der Waals surface area (Å²) < 4.78 is 8.05. The number of imidazole rings is 1.